The number of likely N-dealkylation sites (N-methyl/N-ethyl adjacent to an activating group) is 1. The molecule has 0 N–H and O–H groups in total. The Kier molecular flexibility index (Phi) is 5.52. The maximum Gasteiger partial charge on any atom is 0.242 e. The Balaban J connectivity index is 2.01. The number of imidazole rings is 1. The molecule has 0 aromatic carbocycles. The van der Waals surface area contributed by atoms with Crippen molar-refractivity contribution in [1.82, 2.24) is 19.4 Å². The van der Waals surface area contributed by atoms with Crippen LogP contribution in [0.2, 0.25) is 0 Å². The SMILES string of the molecule is Cc1ccc(CN(CCN(C)C)C(=O)Cn2ccnc2)s1. The Morgan fingerprint density at radius 1 is 1.33 bits per heavy atom. The molecule has 0 aliphatic heterocycles. The van der Waals surface area contributed by atoms with Crippen LogP contribution in [0.1, 0.15) is 9.75 Å². The van der Waals surface area contributed by atoms with Crippen LogP contribution in [-0.4, -0.2) is 52.4 Å². The smallest absolute Gasteiger partial charge is 0.242 e. The molecule has 0 aliphatic carbocycles. The number of hydrogen-bond acceptors (Lipinski definition) is 4. The molecule has 2 rings (SSSR count). The number of amides is 1. The van der Waals surface area contributed by atoms with Gasteiger partial charge in [0.25, 0.3) is 0 Å². The summed E-state index contributed by atoms with van der Waals surface area (Å²) in [6, 6.07) is 4.21. The van der Waals surface area contributed by atoms with Gasteiger partial charge in [-0.2, -0.15) is 0 Å². The van der Waals surface area contributed by atoms with E-state index in [1.165, 1.54) is 9.75 Å². The summed E-state index contributed by atoms with van der Waals surface area (Å²) in [4.78, 5) is 23.0. The predicted octanol–water partition coefficient (Wildman–Crippen LogP) is 1.84. The van der Waals surface area contributed by atoms with E-state index in [9.17, 15) is 4.79 Å². The fraction of sp³-hybridized carbons (Fsp3) is 0.467. The zero-order valence-electron chi connectivity index (χ0n) is 12.8. The average Bonchev–Trinajstić information content (AvgIpc) is 3.06. The molecule has 2 aromatic heterocycles. The van der Waals surface area contributed by atoms with Crippen molar-refractivity contribution in [3.63, 3.8) is 0 Å². The standard InChI is InChI=1S/C15H22N4OS/c1-13-4-5-14(21-13)10-19(9-8-17(2)3)15(20)11-18-7-6-16-12-18/h4-7,12H,8-11H2,1-3H3. The highest BCUT2D eigenvalue weighted by Gasteiger charge is 2.15. The number of carbonyl (C=O) groups is 1. The highest BCUT2D eigenvalue weighted by Crippen LogP contribution is 2.17. The molecule has 21 heavy (non-hydrogen) atoms. The van der Waals surface area contributed by atoms with E-state index in [1.54, 1.807) is 23.9 Å². The molecule has 1 amide bonds. The van der Waals surface area contributed by atoms with Gasteiger partial charge in [-0.3, -0.25) is 4.79 Å². The summed E-state index contributed by atoms with van der Waals surface area (Å²) < 4.78 is 1.81. The average molecular weight is 306 g/mol. The van der Waals surface area contributed by atoms with Crippen LogP contribution in [-0.2, 0) is 17.9 Å². The third-order valence-corrected chi connectivity index (χ3v) is 4.18. The Labute approximate surface area is 129 Å². The quantitative estimate of drug-likeness (QED) is 0.784. The molecule has 2 heterocycles. The number of rotatable bonds is 7. The third-order valence-electron chi connectivity index (χ3n) is 3.19. The second kappa shape index (κ2) is 7.38. The predicted molar refractivity (Wildman–Crippen MR) is 85.3 cm³/mol. The zero-order valence-corrected chi connectivity index (χ0v) is 13.6. The van der Waals surface area contributed by atoms with Crippen molar-refractivity contribution in [3.05, 3.63) is 40.6 Å². The van der Waals surface area contributed by atoms with Gasteiger partial charge in [0.2, 0.25) is 5.91 Å². The molecule has 0 bridgehead atoms. The van der Waals surface area contributed by atoms with Gasteiger partial charge in [0.1, 0.15) is 6.54 Å². The fourth-order valence-electron chi connectivity index (χ4n) is 2.01. The van der Waals surface area contributed by atoms with E-state index in [2.05, 4.69) is 28.9 Å². The summed E-state index contributed by atoms with van der Waals surface area (Å²) in [6.45, 7) is 4.71. The summed E-state index contributed by atoms with van der Waals surface area (Å²) in [5.74, 6) is 0.126. The van der Waals surface area contributed by atoms with Gasteiger partial charge in [0.05, 0.1) is 12.9 Å². The largest absolute Gasteiger partial charge is 0.335 e. The van der Waals surface area contributed by atoms with Crippen molar-refractivity contribution in [2.24, 2.45) is 0 Å². The zero-order chi connectivity index (χ0) is 15.2. The minimum absolute atomic E-state index is 0.126. The van der Waals surface area contributed by atoms with Gasteiger partial charge in [-0.25, -0.2) is 4.98 Å². The van der Waals surface area contributed by atoms with E-state index in [1.807, 2.05) is 29.8 Å². The molecule has 0 fully saturated rings. The van der Waals surface area contributed by atoms with E-state index in [4.69, 9.17) is 0 Å². The molecule has 2 aromatic rings. The first-order valence-corrected chi connectivity index (χ1v) is 7.80. The van der Waals surface area contributed by atoms with Crippen LogP contribution >= 0.6 is 11.3 Å². The van der Waals surface area contributed by atoms with Crippen molar-refractivity contribution >= 4 is 17.2 Å². The Bertz CT molecular complexity index is 562. The topological polar surface area (TPSA) is 41.4 Å². The van der Waals surface area contributed by atoms with Crippen LogP contribution < -0.4 is 0 Å². The van der Waals surface area contributed by atoms with E-state index in [0.29, 0.717) is 13.1 Å². The highest BCUT2D eigenvalue weighted by atomic mass is 32.1. The summed E-state index contributed by atoms with van der Waals surface area (Å²) in [5, 5.41) is 0. The highest BCUT2D eigenvalue weighted by molar-refractivity contribution is 7.11. The van der Waals surface area contributed by atoms with Gasteiger partial charge in [0, 0.05) is 35.2 Å². The van der Waals surface area contributed by atoms with Crippen molar-refractivity contribution in [2.75, 3.05) is 27.2 Å². The molecule has 5 nitrogen and oxygen atoms in total. The Morgan fingerprint density at radius 2 is 2.14 bits per heavy atom. The first-order chi connectivity index (χ1) is 10.0. The number of aromatic nitrogens is 2. The van der Waals surface area contributed by atoms with Crippen molar-refractivity contribution in [3.8, 4) is 0 Å². The van der Waals surface area contributed by atoms with E-state index in [0.717, 1.165) is 13.1 Å². The summed E-state index contributed by atoms with van der Waals surface area (Å²) in [5.41, 5.74) is 0. The van der Waals surface area contributed by atoms with Crippen LogP contribution in [0.3, 0.4) is 0 Å². The monoisotopic (exact) mass is 306 g/mol. The number of hydrogen-bond donors (Lipinski definition) is 0. The van der Waals surface area contributed by atoms with Crippen LogP contribution in [0.15, 0.2) is 30.9 Å². The number of nitrogens with zero attached hydrogens (tertiary/aromatic N) is 4. The molecule has 0 aliphatic rings. The lowest BCUT2D eigenvalue weighted by molar-refractivity contribution is -0.132. The van der Waals surface area contributed by atoms with Crippen molar-refractivity contribution in [2.45, 2.75) is 20.0 Å². The fourth-order valence-corrected chi connectivity index (χ4v) is 2.91. The second-order valence-electron chi connectivity index (χ2n) is 5.37. The lowest BCUT2D eigenvalue weighted by Crippen LogP contribution is -2.37. The second-order valence-corrected chi connectivity index (χ2v) is 6.74. The van der Waals surface area contributed by atoms with Crippen LogP contribution in [0.4, 0.5) is 0 Å². The normalized spacial score (nSPS) is 11.0. The van der Waals surface area contributed by atoms with Crippen molar-refractivity contribution < 1.29 is 4.79 Å². The summed E-state index contributed by atoms with van der Waals surface area (Å²) in [6.07, 6.45) is 5.19. The molecule has 0 radical (unpaired) electrons. The number of aryl methyl sites for hydroxylation is 1. The molecule has 0 saturated carbocycles. The van der Waals surface area contributed by atoms with Crippen LogP contribution in [0.25, 0.3) is 0 Å². The Morgan fingerprint density at radius 3 is 2.71 bits per heavy atom. The van der Waals surface area contributed by atoms with E-state index in [-0.39, 0.29) is 5.91 Å². The lowest BCUT2D eigenvalue weighted by Gasteiger charge is -2.24. The van der Waals surface area contributed by atoms with Crippen molar-refractivity contribution in [1.29, 1.82) is 0 Å². The van der Waals surface area contributed by atoms with Gasteiger partial charge in [-0.05, 0) is 33.2 Å². The molecule has 0 unspecified atom stereocenters. The molecule has 0 atom stereocenters. The van der Waals surface area contributed by atoms with Gasteiger partial charge in [0.15, 0.2) is 0 Å². The molecule has 0 spiro atoms. The molecule has 0 saturated heterocycles. The maximum absolute atomic E-state index is 12.5. The third kappa shape index (κ3) is 4.99. The molecular weight excluding hydrogens is 284 g/mol. The first-order valence-electron chi connectivity index (χ1n) is 6.98. The lowest BCUT2D eigenvalue weighted by atomic mass is 10.3. The molecule has 6 heteroatoms. The van der Waals surface area contributed by atoms with Gasteiger partial charge >= 0.3 is 0 Å². The minimum Gasteiger partial charge on any atom is -0.335 e. The first kappa shape index (κ1) is 15.7. The molecular formula is C15H22N4OS. The van der Waals surface area contributed by atoms with E-state index < -0.39 is 0 Å². The summed E-state index contributed by atoms with van der Waals surface area (Å²) in [7, 11) is 4.04. The number of carbonyl (C=O) groups excluding carboxylic acids is 1. The number of thiophene rings is 1. The van der Waals surface area contributed by atoms with Crippen LogP contribution in [0, 0.1) is 6.92 Å². The Hall–Kier alpha value is -1.66. The van der Waals surface area contributed by atoms with Gasteiger partial charge in [-0.1, -0.05) is 0 Å². The van der Waals surface area contributed by atoms with E-state index >= 15 is 0 Å². The van der Waals surface area contributed by atoms with Crippen LogP contribution in [0.5, 0.6) is 0 Å². The van der Waals surface area contributed by atoms with Gasteiger partial charge < -0.3 is 14.4 Å². The maximum atomic E-state index is 12.5. The molecule has 114 valence electrons. The minimum atomic E-state index is 0.126. The van der Waals surface area contributed by atoms with Gasteiger partial charge in [-0.15, -0.1) is 11.3 Å². The summed E-state index contributed by atoms with van der Waals surface area (Å²) >= 11 is 1.75.